The summed E-state index contributed by atoms with van der Waals surface area (Å²) in [4.78, 5) is 29.8. The van der Waals surface area contributed by atoms with E-state index in [0.717, 1.165) is 56.6 Å². The first-order valence-electron chi connectivity index (χ1n) is 16.9. The Morgan fingerprint density at radius 2 is 1.58 bits per heavy atom. The molecule has 10 nitrogen and oxygen atoms in total. The van der Waals surface area contributed by atoms with Crippen LogP contribution in [0.4, 0.5) is 16.2 Å². The van der Waals surface area contributed by atoms with E-state index in [2.05, 4.69) is 16.3 Å². The molecule has 0 aliphatic carbocycles. The zero-order chi connectivity index (χ0) is 33.9. The van der Waals surface area contributed by atoms with Crippen molar-refractivity contribution in [3.63, 3.8) is 0 Å². The summed E-state index contributed by atoms with van der Waals surface area (Å²) in [7, 11) is -3.60. The maximum Gasteiger partial charge on any atom is 0.326 e. The van der Waals surface area contributed by atoms with E-state index in [1.165, 1.54) is 4.31 Å². The Labute approximate surface area is 284 Å². The summed E-state index contributed by atoms with van der Waals surface area (Å²) in [6.07, 6.45) is 4.84. The molecule has 2 amide bonds. The average molecular weight is 672 g/mol. The second-order valence-corrected chi connectivity index (χ2v) is 14.5. The van der Waals surface area contributed by atoms with E-state index in [1.807, 2.05) is 42.5 Å². The first kappa shape index (κ1) is 35.1. The van der Waals surface area contributed by atoms with Gasteiger partial charge in [0, 0.05) is 31.0 Å². The number of esters is 1. The minimum absolute atomic E-state index is 0.206. The summed E-state index contributed by atoms with van der Waals surface area (Å²) in [5.41, 5.74) is 3.16. The lowest BCUT2D eigenvalue weighted by atomic mass is 9.90. The number of nitrogens with zero attached hydrogens (tertiary/aromatic N) is 4. The number of rotatable bonds is 12. The molecule has 254 valence electrons. The molecule has 5 rings (SSSR count). The molecule has 0 radical (unpaired) electrons. The summed E-state index contributed by atoms with van der Waals surface area (Å²) in [5.74, 6) is 0.0622. The summed E-state index contributed by atoms with van der Waals surface area (Å²) in [6.45, 7) is 6.20. The molecule has 48 heavy (non-hydrogen) atoms. The Hall–Kier alpha value is -4.24. The monoisotopic (exact) mass is 671 g/mol. The first-order valence-corrected chi connectivity index (χ1v) is 18.3. The molecule has 2 heterocycles. The first-order chi connectivity index (χ1) is 23.3. The predicted octanol–water partition coefficient (Wildman–Crippen LogP) is 5.91. The molecule has 0 spiro atoms. The number of carbonyl (C=O) groups is 2. The van der Waals surface area contributed by atoms with Gasteiger partial charge in [0.05, 0.1) is 29.1 Å². The smallest absolute Gasteiger partial charge is 0.326 e. The van der Waals surface area contributed by atoms with Gasteiger partial charge in [0.25, 0.3) is 0 Å². The SMILES string of the molecule is CCOC(=O)C1CCN(S(=O)(=O)c2ccc(CC3CCN(CCCN(C(=O)Nc4ccc(C#N)cc4)c4ccccc4)CC3)cc2)CC1. The van der Waals surface area contributed by atoms with Gasteiger partial charge in [0.2, 0.25) is 10.0 Å². The normalized spacial score (nSPS) is 16.6. The van der Waals surface area contributed by atoms with Gasteiger partial charge in [-0.15, -0.1) is 0 Å². The standard InChI is InChI=1S/C37H45N5O5S/c1-2-47-36(43)32-19-25-41(26-20-32)48(45,46)35-15-11-29(12-16-35)27-30-17-23-40(24-18-30)21-6-22-42(34-7-4-3-5-8-34)37(44)39-33-13-9-31(28-38)10-14-33/h3-5,7-16,30,32H,2,6,17-27H2,1H3,(H,39,44). The van der Waals surface area contributed by atoms with Gasteiger partial charge in [-0.25, -0.2) is 13.2 Å². The third-order valence-corrected chi connectivity index (χ3v) is 11.2. The molecule has 2 fully saturated rings. The molecule has 2 aliphatic rings. The number of amides is 2. The van der Waals surface area contributed by atoms with Gasteiger partial charge in [0.15, 0.2) is 0 Å². The van der Waals surface area contributed by atoms with Crippen LogP contribution in [-0.2, 0) is 26.0 Å². The maximum absolute atomic E-state index is 13.3. The number of benzene rings is 3. The molecule has 0 bridgehead atoms. The molecule has 1 N–H and O–H groups in total. The van der Waals surface area contributed by atoms with E-state index >= 15 is 0 Å². The number of nitriles is 1. The zero-order valence-corrected chi connectivity index (χ0v) is 28.4. The van der Waals surface area contributed by atoms with Crippen LogP contribution in [-0.4, -0.2) is 75.5 Å². The molecule has 11 heteroatoms. The Morgan fingerprint density at radius 1 is 0.917 bits per heavy atom. The van der Waals surface area contributed by atoms with Gasteiger partial charge in [-0.3, -0.25) is 9.69 Å². The zero-order valence-electron chi connectivity index (χ0n) is 27.6. The van der Waals surface area contributed by atoms with Crippen molar-refractivity contribution in [1.29, 1.82) is 5.26 Å². The molecule has 0 atom stereocenters. The van der Waals surface area contributed by atoms with E-state index in [0.29, 0.717) is 61.1 Å². The Balaban J connectivity index is 1.07. The number of hydrogen-bond donors (Lipinski definition) is 1. The fourth-order valence-electron chi connectivity index (χ4n) is 6.51. The number of ether oxygens (including phenoxy) is 1. The van der Waals surface area contributed by atoms with E-state index in [-0.39, 0.29) is 17.9 Å². The number of hydrogen-bond acceptors (Lipinski definition) is 7. The molecule has 3 aromatic carbocycles. The van der Waals surface area contributed by atoms with Crippen LogP contribution in [0.3, 0.4) is 0 Å². The highest BCUT2D eigenvalue weighted by molar-refractivity contribution is 7.89. The van der Waals surface area contributed by atoms with Gasteiger partial charge >= 0.3 is 12.0 Å². The molecule has 0 unspecified atom stereocenters. The van der Waals surface area contributed by atoms with Gasteiger partial charge in [-0.1, -0.05) is 30.3 Å². The van der Waals surface area contributed by atoms with Crippen molar-refractivity contribution in [1.82, 2.24) is 9.21 Å². The van der Waals surface area contributed by atoms with Crippen LogP contribution in [0.25, 0.3) is 0 Å². The number of anilines is 2. The molecule has 0 saturated carbocycles. The number of likely N-dealkylation sites (tertiary alicyclic amines) is 1. The van der Waals surface area contributed by atoms with Crippen LogP contribution in [0.15, 0.2) is 83.8 Å². The van der Waals surface area contributed by atoms with Gasteiger partial charge in [0.1, 0.15) is 0 Å². The second kappa shape index (κ2) is 16.7. The lowest BCUT2D eigenvalue weighted by Gasteiger charge is -2.33. The molecular formula is C37H45N5O5S. The van der Waals surface area contributed by atoms with Crippen LogP contribution >= 0.6 is 0 Å². The maximum atomic E-state index is 13.3. The van der Waals surface area contributed by atoms with Crippen molar-refractivity contribution < 1.29 is 22.7 Å². The van der Waals surface area contributed by atoms with Crippen LogP contribution in [0.1, 0.15) is 50.2 Å². The van der Waals surface area contributed by atoms with Crippen LogP contribution in [0.5, 0.6) is 0 Å². The van der Waals surface area contributed by atoms with Crippen LogP contribution in [0, 0.1) is 23.2 Å². The number of carbonyl (C=O) groups excluding carboxylic acids is 2. The second-order valence-electron chi connectivity index (χ2n) is 12.5. The summed E-state index contributed by atoms with van der Waals surface area (Å²) < 4.78 is 33.1. The van der Waals surface area contributed by atoms with Crippen molar-refractivity contribution in [2.45, 2.75) is 50.3 Å². The Bertz CT molecular complexity index is 1640. The lowest BCUT2D eigenvalue weighted by molar-refractivity contribution is -0.149. The number of nitrogens with one attached hydrogen (secondary N) is 1. The number of urea groups is 1. The highest BCUT2D eigenvalue weighted by Gasteiger charge is 2.32. The molecule has 3 aromatic rings. The van der Waals surface area contributed by atoms with Crippen molar-refractivity contribution >= 4 is 33.4 Å². The van der Waals surface area contributed by atoms with Crippen molar-refractivity contribution in [2.75, 3.05) is 56.1 Å². The highest BCUT2D eigenvalue weighted by Crippen LogP contribution is 2.27. The molecular weight excluding hydrogens is 627 g/mol. The summed E-state index contributed by atoms with van der Waals surface area (Å²) >= 11 is 0. The fourth-order valence-corrected chi connectivity index (χ4v) is 7.98. The minimum Gasteiger partial charge on any atom is -0.466 e. The topological polar surface area (TPSA) is 123 Å². The van der Waals surface area contributed by atoms with Crippen molar-refractivity contribution in [3.05, 3.63) is 90.0 Å². The van der Waals surface area contributed by atoms with Gasteiger partial charge < -0.3 is 15.0 Å². The van der Waals surface area contributed by atoms with E-state index in [9.17, 15) is 18.0 Å². The third-order valence-electron chi connectivity index (χ3n) is 9.30. The summed E-state index contributed by atoms with van der Waals surface area (Å²) in [6, 6.07) is 25.7. The Morgan fingerprint density at radius 3 is 2.21 bits per heavy atom. The molecule has 0 aromatic heterocycles. The van der Waals surface area contributed by atoms with Crippen LogP contribution < -0.4 is 10.2 Å². The number of para-hydroxylation sites is 1. The van der Waals surface area contributed by atoms with Gasteiger partial charge in [-0.05, 0) is 125 Å². The molecule has 2 aliphatic heterocycles. The van der Waals surface area contributed by atoms with Crippen molar-refractivity contribution in [2.24, 2.45) is 11.8 Å². The van der Waals surface area contributed by atoms with E-state index < -0.39 is 10.0 Å². The number of sulfonamides is 1. The Kier molecular flexibility index (Phi) is 12.2. The number of piperidine rings is 2. The molecule has 2 saturated heterocycles. The quantitative estimate of drug-likeness (QED) is 0.238. The van der Waals surface area contributed by atoms with E-state index in [4.69, 9.17) is 10.00 Å². The largest absolute Gasteiger partial charge is 0.466 e. The third kappa shape index (κ3) is 9.22. The predicted molar refractivity (Wildman–Crippen MR) is 186 cm³/mol. The highest BCUT2D eigenvalue weighted by atomic mass is 32.2. The summed E-state index contributed by atoms with van der Waals surface area (Å²) in [5, 5.41) is 12.0. The van der Waals surface area contributed by atoms with Gasteiger partial charge in [-0.2, -0.15) is 9.57 Å². The fraction of sp³-hybridized carbons (Fsp3) is 0.432. The van der Waals surface area contributed by atoms with E-state index in [1.54, 1.807) is 48.2 Å². The van der Waals surface area contributed by atoms with Crippen molar-refractivity contribution in [3.8, 4) is 6.07 Å². The minimum atomic E-state index is -3.60. The lowest BCUT2D eigenvalue weighted by Crippen LogP contribution is -2.40. The average Bonchev–Trinajstić information content (AvgIpc) is 3.12. The van der Waals surface area contributed by atoms with Crippen LogP contribution in [0.2, 0.25) is 0 Å².